The molecule has 2 heterocycles. The van der Waals surface area contributed by atoms with Crippen LogP contribution in [0.4, 0.5) is 30.5 Å². The van der Waals surface area contributed by atoms with Crippen LogP contribution in [0.5, 0.6) is 0 Å². The van der Waals surface area contributed by atoms with Crippen molar-refractivity contribution in [2.24, 2.45) is 5.92 Å². The molecule has 1 saturated heterocycles. The Kier molecular flexibility index (Phi) is 4.97. The Labute approximate surface area is 147 Å². The second-order valence-electron chi connectivity index (χ2n) is 6.08. The first-order valence-corrected chi connectivity index (χ1v) is 8.07. The molecule has 1 unspecified atom stereocenters. The van der Waals surface area contributed by atoms with E-state index in [4.69, 9.17) is 0 Å². The maximum Gasteiger partial charge on any atom is 0.416 e. The van der Waals surface area contributed by atoms with E-state index in [9.17, 15) is 23.1 Å². The van der Waals surface area contributed by atoms with Crippen molar-refractivity contribution in [3.05, 3.63) is 42.2 Å². The summed E-state index contributed by atoms with van der Waals surface area (Å²) < 4.78 is 37.8. The van der Waals surface area contributed by atoms with Crippen molar-refractivity contribution in [1.82, 2.24) is 9.97 Å². The van der Waals surface area contributed by atoms with Crippen LogP contribution in [0.1, 0.15) is 18.4 Å². The minimum Gasteiger partial charge on any atom is -0.481 e. The number of nitrogens with zero attached hydrogens (tertiary/aromatic N) is 3. The quantitative estimate of drug-likeness (QED) is 0.862. The van der Waals surface area contributed by atoms with E-state index in [2.05, 4.69) is 15.3 Å². The number of alkyl halides is 3. The lowest BCUT2D eigenvalue weighted by Crippen LogP contribution is -2.39. The number of aliphatic carboxylic acids is 1. The standard InChI is InChI=1S/C17H17F3N4O2/c18-17(19,20)12-3-5-13(6-4-12)23-14-8-15(22-10-21-14)24-7-1-2-11(9-24)16(25)26/h3-6,8,10-11H,1-2,7,9H2,(H,25,26)(H,21,22,23). The Balaban J connectivity index is 1.72. The summed E-state index contributed by atoms with van der Waals surface area (Å²) in [4.78, 5) is 21.3. The molecule has 0 aliphatic carbocycles. The van der Waals surface area contributed by atoms with Gasteiger partial charge in [-0.1, -0.05) is 0 Å². The summed E-state index contributed by atoms with van der Waals surface area (Å²) >= 11 is 0. The topological polar surface area (TPSA) is 78.4 Å². The van der Waals surface area contributed by atoms with Gasteiger partial charge in [0.2, 0.25) is 0 Å². The fourth-order valence-electron chi connectivity index (χ4n) is 2.87. The molecule has 2 aromatic rings. The van der Waals surface area contributed by atoms with Crippen molar-refractivity contribution < 1.29 is 23.1 Å². The first-order valence-electron chi connectivity index (χ1n) is 8.07. The maximum atomic E-state index is 12.6. The van der Waals surface area contributed by atoms with E-state index in [0.29, 0.717) is 36.8 Å². The minimum absolute atomic E-state index is 0.367. The number of anilines is 3. The summed E-state index contributed by atoms with van der Waals surface area (Å²) in [5, 5.41) is 12.1. The van der Waals surface area contributed by atoms with Crippen LogP contribution in [0.2, 0.25) is 0 Å². The zero-order chi connectivity index (χ0) is 18.7. The van der Waals surface area contributed by atoms with Gasteiger partial charge in [0.05, 0.1) is 11.5 Å². The number of benzene rings is 1. The molecule has 26 heavy (non-hydrogen) atoms. The number of carboxylic acid groups (broad SMARTS) is 1. The molecule has 138 valence electrons. The molecule has 0 spiro atoms. The third kappa shape index (κ3) is 4.22. The molecule has 1 aromatic carbocycles. The molecule has 1 aliphatic heterocycles. The highest BCUT2D eigenvalue weighted by molar-refractivity contribution is 5.71. The maximum absolute atomic E-state index is 12.6. The zero-order valence-electron chi connectivity index (χ0n) is 13.7. The third-order valence-corrected chi connectivity index (χ3v) is 4.23. The fraction of sp³-hybridized carbons (Fsp3) is 0.353. The molecule has 0 radical (unpaired) electrons. The lowest BCUT2D eigenvalue weighted by molar-refractivity contribution is -0.142. The van der Waals surface area contributed by atoms with E-state index in [1.54, 1.807) is 6.07 Å². The van der Waals surface area contributed by atoms with Crippen molar-refractivity contribution >= 4 is 23.3 Å². The predicted molar refractivity (Wildman–Crippen MR) is 89.3 cm³/mol. The number of aromatic nitrogens is 2. The molecule has 0 amide bonds. The van der Waals surface area contributed by atoms with E-state index in [1.165, 1.54) is 18.5 Å². The zero-order valence-corrected chi connectivity index (χ0v) is 13.7. The molecule has 0 bridgehead atoms. The number of hydrogen-bond donors (Lipinski definition) is 2. The summed E-state index contributed by atoms with van der Waals surface area (Å²) in [6.45, 7) is 1.06. The van der Waals surface area contributed by atoms with Gasteiger partial charge in [-0.2, -0.15) is 13.2 Å². The number of rotatable bonds is 4. The summed E-state index contributed by atoms with van der Waals surface area (Å²) in [5.74, 6) is -0.260. The van der Waals surface area contributed by atoms with Crippen molar-refractivity contribution in [3.8, 4) is 0 Å². The summed E-state index contributed by atoms with van der Waals surface area (Å²) in [7, 11) is 0. The molecule has 3 rings (SSSR count). The summed E-state index contributed by atoms with van der Waals surface area (Å²) in [6, 6.07) is 6.29. The van der Waals surface area contributed by atoms with Gasteiger partial charge in [0.25, 0.3) is 0 Å². The number of carbonyl (C=O) groups is 1. The van der Waals surface area contributed by atoms with Crippen LogP contribution in [0, 0.1) is 5.92 Å². The van der Waals surface area contributed by atoms with Gasteiger partial charge < -0.3 is 15.3 Å². The van der Waals surface area contributed by atoms with Crippen molar-refractivity contribution in [2.45, 2.75) is 19.0 Å². The highest BCUT2D eigenvalue weighted by atomic mass is 19.4. The molecule has 1 atom stereocenters. The lowest BCUT2D eigenvalue weighted by atomic mass is 9.98. The van der Waals surface area contributed by atoms with Gasteiger partial charge in [-0.15, -0.1) is 0 Å². The second kappa shape index (κ2) is 7.19. The molecule has 0 saturated carbocycles. The van der Waals surface area contributed by atoms with Crippen LogP contribution in [-0.4, -0.2) is 34.1 Å². The second-order valence-corrected chi connectivity index (χ2v) is 6.08. The minimum atomic E-state index is -4.38. The molecule has 1 fully saturated rings. The van der Waals surface area contributed by atoms with Gasteiger partial charge in [0.15, 0.2) is 0 Å². The molecule has 1 aromatic heterocycles. The van der Waals surface area contributed by atoms with Gasteiger partial charge in [-0.3, -0.25) is 4.79 Å². The first kappa shape index (κ1) is 18.0. The predicted octanol–water partition coefficient (Wildman–Crippen LogP) is 3.54. The average Bonchev–Trinajstić information content (AvgIpc) is 2.62. The monoisotopic (exact) mass is 366 g/mol. The molecular weight excluding hydrogens is 349 g/mol. The first-order chi connectivity index (χ1) is 12.3. The van der Waals surface area contributed by atoms with Gasteiger partial charge in [0, 0.05) is 24.8 Å². The largest absolute Gasteiger partial charge is 0.481 e. The number of halogens is 3. The Hall–Kier alpha value is -2.84. The Bertz CT molecular complexity index is 780. The highest BCUT2D eigenvalue weighted by Gasteiger charge is 2.30. The molecule has 9 heteroatoms. The van der Waals surface area contributed by atoms with Crippen LogP contribution < -0.4 is 10.2 Å². The van der Waals surface area contributed by atoms with Gasteiger partial charge in [0.1, 0.15) is 18.0 Å². The lowest BCUT2D eigenvalue weighted by Gasteiger charge is -2.31. The molecule has 2 N–H and O–H groups in total. The van der Waals surface area contributed by atoms with Crippen LogP contribution >= 0.6 is 0 Å². The van der Waals surface area contributed by atoms with E-state index in [0.717, 1.165) is 18.6 Å². The van der Waals surface area contributed by atoms with E-state index in [1.807, 2.05) is 4.90 Å². The normalized spacial score (nSPS) is 17.8. The Morgan fingerprint density at radius 3 is 2.62 bits per heavy atom. The van der Waals surface area contributed by atoms with E-state index in [-0.39, 0.29) is 0 Å². The molecule has 1 aliphatic rings. The SMILES string of the molecule is O=C(O)C1CCCN(c2cc(Nc3ccc(C(F)(F)F)cc3)ncn2)C1. The molecule has 6 nitrogen and oxygen atoms in total. The van der Waals surface area contributed by atoms with Crippen LogP contribution in [0.15, 0.2) is 36.7 Å². The van der Waals surface area contributed by atoms with Gasteiger partial charge in [-0.05, 0) is 37.1 Å². The van der Waals surface area contributed by atoms with Crippen LogP contribution in [0.3, 0.4) is 0 Å². The molecular formula is C17H17F3N4O2. The number of hydrogen-bond acceptors (Lipinski definition) is 5. The van der Waals surface area contributed by atoms with Crippen molar-refractivity contribution in [3.63, 3.8) is 0 Å². The van der Waals surface area contributed by atoms with Gasteiger partial charge >= 0.3 is 12.1 Å². The number of piperidine rings is 1. The Morgan fingerprint density at radius 1 is 1.23 bits per heavy atom. The van der Waals surface area contributed by atoms with Gasteiger partial charge in [-0.25, -0.2) is 9.97 Å². The smallest absolute Gasteiger partial charge is 0.416 e. The van der Waals surface area contributed by atoms with E-state index >= 15 is 0 Å². The summed E-state index contributed by atoms with van der Waals surface area (Å²) in [6.07, 6.45) is -1.65. The van der Waals surface area contributed by atoms with Crippen molar-refractivity contribution in [2.75, 3.05) is 23.3 Å². The van der Waals surface area contributed by atoms with Crippen molar-refractivity contribution in [1.29, 1.82) is 0 Å². The van der Waals surface area contributed by atoms with Crippen LogP contribution in [-0.2, 0) is 11.0 Å². The average molecular weight is 366 g/mol. The highest BCUT2D eigenvalue weighted by Crippen LogP contribution is 2.30. The number of nitrogens with one attached hydrogen (secondary N) is 1. The fourth-order valence-corrected chi connectivity index (χ4v) is 2.87. The van der Waals surface area contributed by atoms with E-state index < -0.39 is 23.6 Å². The van der Waals surface area contributed by atoms with Crippen LogP contribution in [0.25, 0.3) is 0 Å². The summed E-state index contributed by atoms with van der Waals surface area (Å²) in [5.41, 5.74) is -0.260. The number of carboxylic acids is 1. The third-order valence-electron chi connectivity index (χ3n) is 4.23. The Morgan fingerprint density at radius 2 is 1.96 bits per heavy atom.